The van der Waals surface area contributed by atoms with Crippen molar-refractivity contribution in [3.05, 3.63) is 0 Å². The molecular weight excluding hydrogens is 172 g/mol. The molecule has 1 N–H and O–H groups in total. The highest BCUT2D eigenvalue weighted by Gasteiger charge is 2.37. The first-order valence-electron chi connectivity index (χ1n) is 4.19. The number of carbonyl (C=O) groups is 2. The van der Waals surface area contributed by atoms with Crippen LogP contribution in [0.4, 0.5) is 9.59 Å². The Morgan fingerprint density at radius 1 is 1.54 bits per heavy atom. The molecule has 1 atom stereocenters. The molecule has 13 heavy (non-hydrogen) atoms. The molecule has 1 radical (unpaired) electrons. The van der Waals surface area contributed by atoms with Crippen molar-refractivity contribution >= 4 is 12.1 Å². The van der Waals surface area contributed by atoms with Gasteiger partial charge in [0.2, 0.25) is 0 Å². The largest absolute Gasteiger partial charge is 0.340 e. The molecule has 2 rings (SSSR count). The lowest BCUT2D eigenvalue weighted by Crippen LogP contribution is -2.46. The monoisotopic (exact) mass is 183 g/mol. The van der Waals surface area contributed by atoms with E-state index in [1.807, 2.05) is 0 Å². The van der Waals surface area contributed by atoms with Crippen LogP contribution >= 0.6 is 0 Å². The van der Waals surface area contributed by atoms with Gasteiger partial charge in [-0.25, -0.2) is 14.9 Å². The van der Waals surface area contributed by atoms with E-state index in [0.29, 0.717) is 19.6 Å². The van der Waals surface area contributed by atoms with Crippen molar-refractivity contribution in [3.63, 3.8) is 0 Å². The van der Waals surface area contributed by atoms with Gasteiger partial charge >= 0.3 is 12.1 Å². The number of hydrogen-bond donors (Lipinski definition) is 1. The van der Waals surface area contributed by atoms with E-state index in [0.717, 1.165) is 0 Å². The van der Waals surface area contributed by atoms with Crippen LogP contribution in [0.3, 0.4) is 0 Å². The Labute approximate surface area is 75.9 Å². The Bertz CT molecular complexity index is 255. The minimum atomic E-state index is -0.246. The lowest BCUT2D eigenvalue weighted by molar-refractivity contribution is 0.146. The lowest BCUT2D eigenvalue weighted by atomic mass is 10.4. The third-order valence-corrected chi connectivity index (χ3v) is 2.39. The molecule has 4 amide bonds. The van der Waals surface area contributed by atoms with Crippen molar-refractivity contribution in [2.45, 2.75) is 6.17 Å². The first-order chi connectivity index (χ1) is 6.20. The van der Waals surface area contributed by atoms with E-state index in [-0.39, 0.29) is 18.2 Å². The molecule has 2 aliphatic heterocycles. The number of urea groups is 2. The van der Waals surface area contributed by atoms with Gasteiger partial charge in [-0.2, -0.15) is 0 Å². The molecular formula is C7H11N4O2. The summed E-state index contributed by atoms with van der Waals surface area (Å²) in [5, 5.41) is 6.43. The zero-order valence-corrected chi connectivity index (χ0v) is 7.36. The second kappa shape index (κ2) is 2.79. The maximum absolute atomic E-state index is 11.2. The number of hydrogen-bond acceptors (Lipinski definition) is 2. The SMILES string of the molecule is CN1C(=O)[N]CC1N1CCNC1=O. The standard InChI is InChI=1S/C7H11N4O2/c1-10-5(4-9-6(10)12)11-3-2-8-7(11)13/h5H,2-4H2,1H3,(H,8,13). The van der Waals surface area contributed by atoms with Gasteiger partial charge in [0.25, 0.3) is 0 Å². The second-order valence-electron chi connectivity index (χ2n) is 3.14. The fraction of sp³-hybridized carbons (Fsp3) is 0.714. The fourth-order valence-electron chi connectivity index (χ4n) is 1.60. The highest BCUT2D eigenvalue weighted by Crippen LogP contribution is 2.12. The highest BCUT2D eigenvalue weighted by molar-refractivity contribution is 5.80. The van der Waals surface area contributed by atoms with Gasteiger partial charge < -0.3 is 15.1 Å². The van der Waals surface area contributed by atoms with Gasteiger partial charge in [-0.3, -0.25) is 0 Å². The maximum Gasteiger partial charge on any atom is 0.340 e. The van der Waals surface area contributed by atoms with Crippen molar-refractivity contribution in [2.75, 3.05) is 26.7 Å². The Morgan fingerprint density at radius 2 is 2.31 bits per heavy atom. The predicted octanol–water partition coefficient (Wildman–Crippen LogP) is -0.992. The summed E-state index contributed by atoms with van der Waals surface area (Å²) >= 11 is 0. The van der Waals surface area contributed by atoms with E-state index in [2.05, 4.69) is 10.6 Å². The van der Waals surface area contributed by atoms with Gasteiger partial charge in [0.1, 0.15) is 6.17 Å². The molecule has 71 valence electrons. The summed E-state index contributed by atoms with van der Waals surface area (Å²) in [6.45, 7) is 1.69. The number of rotatable bonds is 1. The summed E-state index contributed by atoms with van der Waals surface area (Å²) in [6.07, 6.45) is -0.185. The third kappa shape index (κ3) is 1.18. The number of carbonyl (C=O) groups excluding carboxylic acids is 2. The zero-order chi connectivity index (χ0) is 9.42. The summed E-state index contributed by atoms with van der Waals surface area (Å²) in [6, 6.07) is -0.355. The molecule has 0 aromatic heterocycles. The molecule has 2 aliphatic rings. The van der Waals surface area contributed by atoms with Crippen LogP contribution in [-0.4, -0.2) is 54.7 Å². The van der Waals surface area contributed by atoms with E-state index in [4.69, 9.17) is 0 Å². The Kier molecular flexibility index (Phi) is 1.75. The van der Waals surface area contributed by atoms with Gasteiger partial charge in [-0.15, -0.1) is 0 Å². The van der Waals surface area contributed by atoms with Crippen molar-refractivity contribution in [2.24, 2.45) is 0 Å². The summed E-state index contributed by atoms with van der Waals surface area (Å²) in [7, 11) is 1.66. The molecule has 0 aromatic rings. The van der Waals surface area contributed by atoms with E-state index in [9.17, 15) is 9.59 Å². The topological polar surface area (TPSA) is 66.8 Å². The summed E-state index contributed by atoms with van der Waals surface area (Å²) in [5.74, 6) is 0. The van der Waals surface area contributed by atoms with Crippen LogP contribution in [0, 0.1) is 0 Å². The van der Waals surface area contributed by atoms with E-state index < -0.39 is 0 Å². The van der Waals surface area contributed by atoms with Crippen molar-refractivity contribution in [1.29, 1.82) is 0 Å². The molecule has 2 fully saturated rings. The van der Waals surface area contributed by atoms with Crippen LogP contribution in [0.15, 0.2) is 0 Å². The minimum absolute atomic E-state index is 0.109. The van der Waals surface area contributed by atoms with Crippen LogP contribution in [0.25, 0.3) is 0 Å². The van der Waals surface area contributed by atoms with Crippen LogP contribution in [0.2, 0.25) is 0 Å². The Hall–Kier alpha value is -1.46. The molecule has 6 nitrogen and oxygen atoms in total. The van der Waals surface area contributed by atoms with E-state index >= 15 is 0 Å². The molecule has 0 bridgehead atoms. The molecule has 6 heteroatoms. The van der Waals surface area contributed by atoms with Crippen LogP contribution in [-0.2, 0) is 0 Å². The predicted molar refractivity (Wildman–Crippen MR) is 44.1 cm³/mol. The zero-order valence-electron chi connectivity index (χ0n) is 7.36. The highest BCUT2D eigenvalue weighted by atomic mass is 16.2. The summed E-state index contributed by atoms with van der Waals surface area (Å²) in [4.78, 5) is 25.4. The third-order valence-electron chi connectivity index (χ3n) is 2.39. The van der Waals surface area contributed by atoms with Crippen molar-refractivity contribution in [1.82, 2.24) is 20.4 Å². The summed E-state index contributed by atoms with van der Waals surface area (Å²) in [5.41, 5.74) is 0. The molecule has 0 spiro atoms. The van der Waals surface area contributed by atoms with Gasteiger partial charge in [-0.1, -0.05) is 0 Å². The lowest BCUT2D eigenvalue weighted by Gasteiger charge is -2.26. The molecule has 0 saturated carbocycles. The molecule has 0 aliphatic carbocycles. The number of amides is 4. The molecule has 1 unspecified atom stereocenters. The second-order valence-corrected chi connectivity index (χ2v) is 3.14. The first-order valence-corrected chi connectivity index (χ1v) is 4.19. The van der Waals surface area contributed by atoms with Crippen LogP contribution in [0.1, 0.15) is 0 Å². The van der Waals surface area contributed by atoms with Crippen molar-refractivity contribution < 1.29 is 9.59 Å². The van der Waals surface area contributed by atoms with Crippen molar-refractivity contribution in [3.8, 4) is 0 Å². The number of likely N-dealkylation sites (N-methyl/N-ethyl adjacent to an activating group) is 1. The number of nitrogens with zero attached hydrogens (tertiary/aromatic N) is 3. The van der Waals surface area contributed by atoms with E-state index in [1.54, 1.807) is 11.9 Å². The fourth-order valence-corrected chi connectivity index (χ4v) is 1.60. The average molecular weight is 183 g/mol. The van der Waals surface area contributed by atoms with Gasteiger partial charge in [0, 0.05) is 20.1 Å². The van der Waals surface area contributed by atoms with Gasteiger partial charge in [0.05, 0.1) is 6.54 Å². The molecule has 2 heterocycles. The quantitative estimate of drug-likeness (QED) is 0.567. The van der Waals surface area contributed by atoms with Gasteiger partial charge in [-0.05, 0) is 0 Å². The average Bonchev–Trinajstić information content (AvgIpc) is 2.62. The van der Waals surface area contributed by atoms with Gasteiger partial charge in [0.15, 0.2) is 0 Å². The Balaban J connectivity index is 2.08. The maximum atomic E-state index is 11.2. The van der Waals surface area contributed by atoms with Crippen LogP contribution in [0.5, 0.6) is 0 Å². The first kappa shape index (κ1) is 8.15. The van der Waals surface area contributed by atoms with E-state index in [1.165, 1.54) is 4.90 Å². The minimum Gasteiger partial charge on any atom is -0.336 e. The molecule has 0 aromatic carbocycles. The summed E-state index contributed by atoms with van der Waals surface area (Å²) < 4.78 is 0. The smallest absolute Gasteiger partial charge is 0.336 e. The molecule has 2 saturated heterocycles. The normalized spacial score (nSPS) is 27.9. The van der Waals surface area contributed by atoms with Crippen LogP contribution < -0.4 is 10.6 Å². The Morgan fingerprint density at radius 3 is 2.77 bits per heavy atom. The number of nitrogens with one attached hydrogen (secondary N) is 1.